The van der Waals surface area contributed by atoms with Crippen molar-refractivity contribution in [1.29, 1.82) is 0 Å². The third-order valence-corrected chi connectivity index (χ3v) is 2.34. The minimum absolute atomic E-state index is 0.0835. The van der Waals surface area contributed by atoms with Crippen molar-refractivity contribution >= 4 is 0 Å². The van der Waals surface area contributed by atoms with Gasteiger partial charge < -0.3 is 5.11 Å². The smallest absolute Gasteiger partial charge is 0.0686 e. The molecule has 1 unspecified atom stereocenters. The lowest BCUT2D eigenvalue weighted by Crippen LogP contribution is -2.26. The molecule has 2 N–H and O–H groups in total. The molecule has 2 heteroatoms. The van der Waals surface area contributed by atoms with Crippen LogP contribution in [-0.4, -0.2) is 11.1 Å². The van der Waals surface area contributed by atoms with Crippen LogP contribution in [0.5, 0.6) is 0 Å². The van der Waals surface area contributed by atoms with Crippen LogP contribution in [0.25, 0.3) is 0 Å². The summed E-state index contributed by atoms with van der Waals surface area (Å²) in [5, 5.41) is 12.2. The van der Waals surface area contributed by atoms with Gasteiger partial charge in [0.15, 0.2) is 0 Å². The monoisotopic (exact) mass is 203 g/mol. The van der Waals surface area contributed by atoms with E-state index in [1.807, 2.05) is 24.3 Å². The molecular weight excluding hydrogens is 186 g/mol. The number of terminal acetylenes is 1. The molecule has 80 valence electrons. The zero-order valence-electron chi connectivity index (χ0n) is 9.03. The fourth-order valence-corrected chi connectivity index (χ4v) is 1.40. The fourth-order valence-electron chi connectivity index (χ4n) is 1.40. The quantitative estimate of drug-likeness (QED) is 0.714. The van der Waals surface area contributed by atoms with Gasteiger partial charge in [-0.05, 0) is 17.5 Å². The van der Waals surface area contributed by atoms with Gasteiger partial charge in [-0.3, -0.25) is 5.32 Å². The van der Waals surface area contributed by atoms with E-state index in [9.17, 15) is 0 Å². The van der Waals surface area contributed by atoms with Crippen molar-refractivity contribution in [2.75, 3.05) is 0 Å². The molecule has 0 amide bonds. The van der Waals surface area contributed by atoms with Gasteiger partial charge in [-0.25, -0.2) is 0 Å². The first-order valence-electron chi connectivity index (χ1n) is 5.18. The zero-order valence-corrected chi connectivity index (χ0v) is 9.03. The molecule has 2 nitrogen and oxygen atoms in total. The Labute approximate surface area is 91.3 Å². The summed E-state index contributed by atoms with van der Waals surface area (Å²) in [5.74, 6) is 2.69. The fraction of sp³-hybridized carbons (Fsp3) is 0.385. The van der Waals surface area contributed by atoms with Crippen LogP contribution in [0.15, 0.2) is 24.3 Å². The Balaban J connectivity index is 2.54. The molecule has 0 heterocycles. The van der Waals surface area contributed by atoms with Gasteiger partial charge in [0.25, 0.3) is 0 Å². The van der Waals surface area contributed by atoms with Gasteiger partial charge >= 0.3 is 0 Å². The highest BCUT2D eigenvalue weighted by atomic mass is 16.3. The Morgan fingerprint density at radius 1 is 1.47 bits per heavy atom. The zero-order chi connectivity index (χ0) is 11.1. The van der Waals surface area contributed by atoms with Crippen LogP contribution in [0.3, 0.4) is 0 Å². The Morgan fingerprint density at radius 2 is 2.20 bits per heavy atom. The molecular formula is C13H17NO. The summed E-state index contributed by atoms with van der Waals surface area (Å²) in [4.78, 5) is 0. The van der Waals surface area contributed by atoms with E-state index < -0.39 is 0 Å². The Bertz CT molecular complexity index is 341. The van der Waals surface area contributed by atoms with E-state index >= 15 is 0 Å². The molecule has 0 aromatic heterocycles. The average molecular weight is 203 g/mol. The van der Waals surface area contributed by atoms with Gasteiger partial charge in [0, 0.05) is 6.54 Å². The molecule has 0 aliphatic carbocycles. The number of hydrogen-bond donors (Lipinski definition) is 2. The van der Waals surface area contributed by atoms with Crippen molar-refractivity contribution in [3.63, 3.8) is 0 Å². The first-order chi connectivity index (χ1) is 7.30. The molecule has 0 spiro atoms. The van der Waals surface area contributed by atoms with Gasteiger partial charge in [-0.15, -0.1) is 6.42 Å². The molecule has 1 atom stereocenters. The topological polar surface area (TPSA) is 32.3 Å². The average Bonchev–Trinajstić information content (AvgIpc) is 2.31. The van der Waals surface area contributed by atoms with Crippen LogP contribution < -0.4 is 5.32 Å². The molecule has 1 aromatic rings. The third-order valence-electron chi connectivity index (χ3n) is 2.34. The summed E-state index contributed by atoms with van der Waals surface area (Å²) in [6.07, 6.45) is 6.28. The predicted octanol–water partition coefficient (Wildman–Crippen LogP) is 1.68. The maximum atomic E-state index is 8.98. The highest BCUT2D eigenvalue weighted by molar-refractivity contribution is 5.23. The van der Waals surface area contributed by atoms with E-state index in [1.54, 1.807) is 0 Å². The number of hydrogen-bond acceptors (Lipinski definition) is 2. The van der Waals surface area contributed by atoms with Gasteiger partial charge in [0.1, 0.15) is 0 Å². The number of rotatable bonds is 5. The molecule has 1 rings (SSSR count). The highest BCUT2D eigenvalue weighted by Crippen LogP contribution is 2.05. The first kappa shape index (κ1) is 11.8. The number of benzene rings is 1. The van der Waals surface area contributed by atoms with Crippen molar-refractivity contribution in [3.8, 4) is 12.3 Å². The van der Waals surface area contributed by atoms with Crippen LogP contribution in [0.4, 0.5) is 0 Å². The highest BCUT2D eigenvalue weighted by Gasteiger charge is 2.00. The minimum Gasteiger partial charge on any atom is -0.392 e. The predicted molar refractivity (Wildman–Crippen MR) is 62.1 cm³/mol. The van der Waals surface area contributed by atoms with Gasteiger partial charge in [0.05, 0.1) is 12.6 Å². The van der Waals surface area contributed by atoms with E-state index in [0.29, 0.717) is 0 Å². The third kappa shape index (κ3) is 3.75. The lowest BCUT2D eigenvalue weighted by Gasteiger charge is -2.10. The maximum Gasteiger partial charge on any atom is 0.0686 e. The summed E-state index contributed by atoms with van der Waals surface area (Å²) in [7, 11) is 0. The molecule has 0 radical (unpaired) electrons. The Morgan fingerprint density at radius 3 is 2.80 bits per heavy atom. The van der Waals surface area contributed by atoms with Crippen LogP contribution in [-0.2, 0) is 13.2 Å². The molecule has 0 aliphatic heterocycles. The van der Waals surface area contributed by atoms with Crippen molar-refractivity contribution in [2.45, 2.75) is 32.5 Å². The van der Waals surface area contributed by atoms with Crippen LogP contribution in [0.2, 0.25) is 0 Å². The first-order valence-corrected chi connectivity index (χ1v) is 5.18. The van der Waals surface area contributed by atoms with Crippen molar-refractivity contribution in [1.82, 2.24) is 5.32 Å². The largest absolute Gasteiger partial charge is 0.392 e. The van der Waals surface area contributed by atoms with E-state index in [-0.39, 0.29) is 12.6 Å². The number of aliphatic hydroxyl groups excluding tert-OH is 1. The Hall–Kier alpha value is -1.30. The van der Waals surface area contributed by atoms with Crippen LogP contribution in [0.1, 0.15) is 24.5 Å². The van der Waals surface area contributed by atoms with Crippen molar-refractivity contribution in [3.05, 3.63) is 35.4 Å². The van der Waals surface area contributed by atoms with E-state index in [4.69, 9.17) is 11.5 Å². The Kier molecular flexibility index (Phi) is 4.89. The van der Waals surface area contributed by atoms with E-state index in [0.717, 1.165) is 24.1 Å². The van der Waals surface area contributed by atoms with Gasteiger partial charge in [0.2, 0.25) is 0 Å². The maximum absolute atomic E-state index is 8.98. The van der Waals surface area contributed by atoms with Crippen molar-refractivity contribution in [2.24, 2.45) is 0 Å². The molecule has 15 heavy (non-hydrogen) atoms. The SMILES string of the molecule is C#CC(CC)NCc1cccc(CO)c1. The van der Waals surface area contributed by atoms with E-state index in [1.165, 1.54) is 0 Å². The van der Waals surface area contributed by atoms with Gasteiger partial charge in [-0.1, -0.05) is 37.1 Å². The molecule has 0 fully saturated rings. The standard InChI is InChI=1S/C13H17NO/c1-3-13(4-2)14-9-11-6-5-7-12(8-11)10-15/h1,5-8,13-15H,4,9-10H2,2H3. The summed E-state index contributed by atoms with van der Waals surface area (Å²) in [6.45, 7) is 2.89. The summed E-state index contributed by atoms with van der Waals surface area (Å²) in [6, 6.07) is 7.98. The molecule has 0 saturated heterocycles. The second kappa shape index (κ2) is 6.23. The molecule has 0 aliphatic rings. The molecule has 0 bridgehead atoms. The van der Waals surface area contributed by atoms with E-state index in [2.05, 4.69) is 18.2 Å². The lowest BCUT2D eigenvalue weighted by atomic mass is 10.1. The summed E-state index contributed by atoms with van der Waals surface area (Å²) in [5.41, 5.74) is 2.08. The van der Waals surface area contributed by atoms with Crippen molar-refractivity contribution < 1.29 is 5.11 Å². The van der Waals surface area contributed by atoms with Crippen LogP contribution in [0, 0.1) is 12.3 Å². The van der Waals surface area contributed by atoms with Crippen LogP contribution >= 0.6 is 0 Å². The lowest BCUT2D eigenvalue weighted by molar-refractivity contribution is 0.281. The molecule has 0 saturated carbocycles. The van der Waals surface area contributed by atoms with Gasteiger partial charge in [-0.2, -0.15) is 0 Å². The normalized spacial score (nSPS) is 12.1. The second-order valence-electron chi connectivity index (χ2n) is 3.49. The summed E-state index contributed by atoms with van der Waals surface area (Å²) < 4.78 is 0. The number of aliphatic hydroxyl groups is 1. The minimum atomic E-state index is 0.0835. The number of nitrogens with one attached hydrogen (secondary N) is 1. The molecule has 1 aromatic carbocycles. The second-order valence-corrected chi connectivity index (χ2v) is 3.49. The summed E-state index contributed by atoms with van der Waals surface area (Å²) >= 11 is 0.